The molecule has 2 aliphatic rings. The highest BCUT2D eigenvalue weighted by molar-refractivity contribution is 6.08. The zero-order valence-electron chi connectivity index (χ0n) is 46.7. The van der Waals surface area contributed by atoms with Crippen LogP contribution in [0.2, 0.25) is 0 Å². The fraction of sp³-hybridized carbons (Fsp3) is 0.355. The fourth-order valence-corrected chi connectivity index (χ4v) is 9.32. The maximum atomic E-state index is 13.2. The Bertz CT molecular complexity index is 3370. The number of nitrogens with zero attached hydrogens (tertiary/aromatic N) is 6. The van der Waals surface area contributed by atoms with Gasteiger partial charge in [-0.05, 0) is 62.4 Å². The predicted molar refractivity (Wildman–Crippen MR) is 314 cm³/mol. The Kier molecular flexibility index (Phi) is 17.3. The van der Waals surface area contributed by atoms with E-state index >= 15 is 0 Å². The third-order valence-electron chi connectivity index (χ3n) is 14.1. The largest absolute Gasteiger partial charge is 0.633 e. The first-order chi connectivity index (χ1) is 37.9. The summed E-state index contributed by atoms with van der Waals surface area (Å²) in [6.07, 6.45) is 0. The molecule has 0 spiro atoms. The van der Waals surface area contributed by atoms with Gasteiger partial charge in [0.15, 0.2) is 0 Å². The Labute approximate surface area is 463 Å². The van der Waals surface area contributed by atoms with Crippen molar-refractivity contribution < 1.29 is 33.2 Å². The zero-order chi connectivity index (χ0) is 55.7. The monoisotopic (exact) mass is 1070 g/mol. The van der Waals surface area contributed by atoms with Crippen LogP contribution in [-0.4, -0.2) is 120 Å². The van der Waals surface area contributed by atoms with Gasteiger partial charge in [0.25, 0.3) is 0 Å². The van der Waals surface area contributed by atoms with Crippen LogP contribution in [0.1, 0.15) is 64.1 Å². The molecular formula is C62H74N10O7. The lowest BCUT2D eigenvalue weighted by Gasteiger charge is -2.44. The fourth-order valence-electron chi connectivity index (χ4n) is 9.32. The van der Waals surface area contributed by atoms with Gasteiger partial charge >= 0.3 is 12.1 Å². The first-order valence-electron chi connectivity index (χ1n) is 27.1. The molecule has 0 atom stereocenters. The standard InChI is InChI=1S/C31H37N5O4.C31H37N5O3/c1-22-9-11-23(12-10-22)35-29(21-28(34-35)31(2,3)4)33-30(37)32-26-13-14-27(25-8-6-5-7-24(25)26)40-20-17-36(38)15-18-39-19-16-36;1-22-9-11-23(12-10-22)36-29(21-28(34-36)31(2,3)4)33-30(37)32-26-13-14-27(25-8-6-5-7-24(25)26)39-20-17-35-15-18-38-19-16-35/h5-14,21H,15-20H2,1-4H3,(H2,32,33,37);5-14,21H,15-20H2,1-4H3,(H2,32,33,37). The van der Waals surface area contributed by atoms with Crippen LogP contribution in [0.3, 0.4) is 0 Å². The van der Waals surface area contributed by atoms with E-state index in [1.807, 2.05) is 147 Å². The van der Waals surface area contributed by atoms with Gasteiger partial charge in [0, 0.05) is 64.1 Å². The minimum atomic E-state index is -0.377. The minimum absolute atomic E-state index is 0.170. The van der Waals surface area contributed by atoms with Crippen molar-refractivity contribution in [2.24, 2.45) is 0 Å². The number of aryl methyl sites for hydroxylation is 2. The molecule has 4 N–H and O–H groups in total. The quantitative estimate of drug-likeness (QED) is 0.0604. The number of benzene rings is 6. The lowest BCUT2D eigenvalue weighted by atomic mass is 9.92. The number of hydroxylamine groups is 3. The van der Waals surface area contributed by atoms with Crippen LogP contribution in [0.4, 0.5) is 32.6 Å². The van der Waals surface area contributed by atoms with E-state index in [0.717, 1.165) is 94.0 Å². The number of rotatable bonds is 14. The van der Waals surface area contributed by atoms with Crippen molar-refractivity contribution in [1.29, 1.82) is 0 Å². The summed E-state index contributed by atoms with van der Waals surface area (Å²) in [4.78, 5) is 28.8. The second-order valence-corrected chi connectivity index (χ2v) is 22.3. The van der Waals surface area contributed by atoms with E-state index in [1.165, 1.54) is 0 Å². The summed E-state index contributed by atoms with van der Waals surface area (Å²) < 4.78 is 26.2. The maximum Gasteiger partial charge on any atom is 0.324 e. The van der Waals surface area contributed by atoms with E-state index in [9.17, 15) is 14.8 Å². The van der Waals surface area contributed by atoms with Crippen LogP contribution in [0.15, 0.2) is 133 Å². The molecule has 4 heterocycles. The SMILES string of the molecule is Cc1ccc(-n2nc(C(C)(C)C)cc2NC(=O)Nc2ccc(OCCN3CCOCC3)c3ccccc23)cc1.Cc1ccc(-n2nc(C(C)(C)C)cc2NC(=O)Nc2ccc(OCC[N+]3([O-])CCOCC3)c3ccccc23)cc1. The van der Waals surface area contributed by atoms with Crippen molar-refractivity contribution in [3.05, 3.63) is 161 Å². The van der Waals surface area contributed by atoms with Gasteiger partial charge in [0.1, 0.15) is 56.0 Å². The van der Waals surface area contributed by atoms with Crippen LogP contribution in [0.25, 0.3) is 32.9 Å². The molecule has 8 aromatic rings. The van der Waals surface area contributed by atoms with Crippen LogP contribution in [0.5, 0.6) is 11.5 Å². The molecule has 2 aromatic heterocycles. The number of anilines is 4. The molecule has 414 valence electrons. The highest BCUT2D eigenvalue weighted by atomic mass is 16.6. The van der Waals surface area contributed by atoms with Crippen molar-refractivity contribution >= 4 is 56.6 Å². The average molecular weight is 1070 g/mol. The molecule has 2 fully saturated rings. The molecule has 79 heavy (non-hydrogen) atoms. The normalized spacial score (nSPS) is 14.7. The molecule has 4 amide bonds. The molecule has 0 bridgehead atoms. The van der Waals surface area contributed by atoms with Gasteiger partial charge in [-0.25, -0.2) is 19.0 Å². The van der Waals surface area contributed by atoms with Crippen molar-refractivity contribution in [2.45, 2.75) is 66.2 Å². The molecule has 10 rings (SSSR count). The average Bonchev–Trinajstić information content (AvgIpc) is 4.10. The number of hydrogen-bond donors (Lipinski definition) is 4. The van der Waals surface area contributed by atoms with Crippen LogP contribution >= 0.6 is 0 Å². The van der Waals surface area contributed by atoms with Gasteiger partial charge in [-0.15, -0.1) is 0 Å². The lowest BCUT2D eigenvalue weighted by Crippen LogP contribution is -2.52. The van der Waals surface area contributed by atoms with Gasteiger partial charge in [-0.1, -0.05) is 125 Å². The van der Waals surface area contributed by atoms with E-state index in [0.29, 0.717) is 74.8 Å². The summed E-state index contributed by atoms with van der Waals surface area (Å²) in [5.74, 6) is 2.66. The predicted octanol–water partition coefficient (Wildman–Crippen LogP) is 12.0. The van der Waals surface area contributed by atoms with Crippen molar-refractivity contribution in [3.8, 4) is 22.9 Å². The second-order valence-electron chi connectivity index (χ2n) is 22.3. The smallest absolute Gasteiger partial charge is 0.324 e. The molecule has 0 radical (unpaired) electrons. The Morgan fingerprint density at radius 2 is 0.975 bits per heavy atom. The molecule has 2 saturated heterocycles. The first-order valence-corrected chi connectivity index (χ1v) is 27.1. The molecule has 6 aromatic carbocycles. The number of urea groups is 2. The van der Waals surface area contributed by atoms with Crippen LogP contribution < -0.4 is 30.7 Å². The number of nitrogens with one attached hydrogen (secondary N) is 4. The number of ether oxygens (including phenoxy) is 4. The van der Waals surface area contributed by atoms with Gasteiger partial charge in [0.05, 0.1) is 60.6 Å². The molecular weight excluding hydrogens is 997 g/mol. The van der Waals surface area contributed by atoms with Crippen molar-refractivity contribution in [1.82, 2.24) is 24.5 Å². The second kappa shape index (κ2) is 24.5. The van der Waals surface area contributed by atoms with Crippen LogP contribution in [0, 0.1) is 19.1 Å². The third kappa shape index (κ3) is 14.3. The topological polar surface area (TPSA) is 181 Å². The van der Waals surface area contributed by atoms with E-state index in [1.54, 1.807) is 9.36 Å². The van der Waals surface area contributed by atoms with Gasteiger partial charge < -0.3 is 39.4 Å². The number of carbonyl (C=O) groups is 2. The number of fused-ring (bicyclic) bond motifs is 2. The number of quaternary nitrogens is 1. The van der Waals surface area contributed by atoms with Gasteiger partial charge in [-0.2, -0.15) is 10.2 Å². The summed E-state index contributed by atoms with van der Waals surface area (Å²) in [6.45, 7) is 24.1. The molecule has 17 nitrogen and oxygen atoms in total. The van der Waals surface area contributed by atoms with E-state index < -0.39 is 0 Å². The zero-order valence-corrected chi connectivity index (χ0v) is 46.7. The first kappa shape index (κ1) is 55.9. The van der Waals surface area contributed by atoms with Crippen molar-refractivity contribution in [2.75, 3.05) is 100 Å². The Morgan fingerprint density at radius 3 is 1.42 bits per heavy atom. The number of morpholine rings is 2. The number of hydrogen-bond acceptors (Lipinski definition) is 10. The summed E-state index contributed by atoms with van der Waals surface area (Å²) in [5.41, 5.74) is 6.82. The maximum absolute atomic E-state index is 13.2. The Hall–Kier alpha value is -7.80. The van der Waals surface area contributed by atoms with Crippen molar-refractivity contribution in [3.63, 3.8) is 0 Å². The van der Waals surface area contributed by atoms with E-state index in [4.69, 9.17) is 29.1 Å². The number of carbonyl (C=O) groups excluding carboxylic acids is 2. The summed E-state index contributed by atoms with van der Waals surface area (Å²) in [7, 11) is 0. The summed E-state index contributed by atoms with van der Waals surface area (Å²) >= 11 is 0. The van der Waals surface area contributed by atoms with E-state index in [-0.39, 0.29) is 27.5 Å². The number of aromatic nitrogens is 4. The summed E-state index contributed by atoms with van der Waals surface area (Å²) in [6, 6.07) is 42.4. The molecule has 0 unspecified atom stereocenters. The number of amides is 4. The van der Waals surface area contributed by atoms with Crippen LogP contribution in [-0.2, 0) is 20.3 Å². The minimum Gasteiger partial charge on any atom is -0.633 e. The third-order valence-corrected chi connectivity index (χ3v) is 14.1. The Morgan fingerprint density at radius 1 is 0.557 bits per heavy atom. The summed E-state index contributed by atoms with van der Waals surface area (Å²) in [5, 5.41) is 38.0. The Balaban J connectivity index is 0.000000192. The molecule has 17 heteroatoms. The highest BCUT2D eigenvalue weighted by Crippen LogP contribution is 2.35. The van der Waals surface area contributed by atoms with Gasteiger partial charge in [0.2, 0.25) is 0 Å². The van der Waals surface area contributed by atoms with E-state index in [2.05, 4.69) is 67.7 Å². The lowest BCUT2D eigenvalue weighted by molar-refractivity contribution is -0.888. The highest BCUT2D eigenvalue weighted by Gasteiger charge is 2.25. The molecule has 0 aliphatic carbocycles. The molecule has 2 aliphatic heterocycles. The van der Waals surface area contributed by atoms with Gasteiger partial charge in [-0.3, -0.25) is 15.5 Å². The molecule has 0 saturated carbocycles.